The Balaban J connectivity index is 1.46. The first-order chi connectivity index (χ1) is 9.83. The summed E-state index contributed by atoms with van der Waals surface area (Å²) in [5, 5.41) is 1.04. The van der Waals surface area contributed by atoms with Gasteiger partial charge in [0.05, 0.1) is 26.4 Å². The van der Waals surface area contributed by atoms with Crippen LogP contribution in [0.2, 0.25) is 0 Å². The van der Waals surface area contributed by atoms with E-state index >= 15 is 0 Å². The number of hydrogen-bond donors (Lipinski definition) is 2. The highest BCUT2D eigenvalue weighted by molar-refractivity contribution is 7.80. The van der Waals surface area contributed by atoms with Crippen molar-refractivity contribution in [2.45, 2.75) is 0 Å². The largest absolute Gasteiger partial charge is 0.370 e. The SMILES string of the molecule is S=C1N(C[NH+]2CCOCC2)CCN1C[NH+]1CCOCC1. The van der Waals surface area contributed by atoms with Crippen LogP contribution in [0, 0.1) is 0 Å². The molecule has 3 saturated heterocycles. The molecular formula is C13H26N4O2S+2. The molecule has 2 N–H and O–H groups in total. The maximum absolute atomic E-state index is 5.66. The molecule has 6 nitrogen and oxygen atoms in total. The minimum absolute atomic E-state index is 0.886. The van der Waals surface area contributed by atoms with Gasteiger partial charge < -0.3 is 29.1 Å². The number of thiocarbonyl (C=S) groups is 1. The van der Waals surface area contributed by atoms with Gasteiger partial charge >= 0.3 is 0 Å². The van der Waals surface area contributed by atoms with Gasteiger partial charge in [0.1, 0.15) is 26.2 Å². The van der Waals surface area contributed by atoms with E-state index < -0.39 is 0 Å². The summed E-state index contributed by atoms with van der Waals surface area (Å²) in [6, 6.07) is 0. The first-order valence-electron chi connectivity index (χ1n) is 7.69. The molecule has 0 aromatic carbocycles. The van der Waals surface area contributed by atoms with Crippen LogP contribution in [0.3, 0.4) is 0 Å². The lowest BCUT2D eigenvalue weighted by molar-refractivity contribution is -0.917. The lowest BCUT2D eigenvalue weighted by Crippen LogP contribution is -3.16. The van der Waals surface area contributed by atoms with Gasteiger partial charge in [0.15, 0.2) is 18.4 Å². The summed E-state index contributed by atoms with van der Waals surface area (Å²) in [6.07, 6.45) is 0. The fourth-order valence-corrected chi connectivity index (χ4v) is 3.41. The van der Waals surface area contributed by atoms with Gasteiger partial charge in [-0.3, -0.25) is 0 Å². The van der Waals surface area contributed by atoms with Crippen LogP contribution in [0.25, 0.3) is 0 Å². The van der Waals surface area contributed by atoms with E-state index in [1.807, 2.05) is 0 Å². The Morgan fingerprint density at radius 3 is 1.60 bits per heavy atom. The molecule has 0 unspecified atom stereocenters. The predicted octanol–water partition coefficient (Wildman–Crippen LogP) is -3.37. The number of nitrogens with one attached hydrogen (secondary N) is 2. The van der Waals surface area contributed by atoms with Gasteiger partial charge in [-0.15, -0.1) is 0 Å². The molecule has 0 saturated carbocycles. The van der Waals surface area contributed by atoms with E-state index in [0.717, 1.165) is 84.1 Å². The summed E-state index contributed by atoms with van der Waals surface area (Å²) in [4.78, 5) is 7.93. The second-order valence-corrected chi connectivity index (χ2v) is 6.22. The number of rotatable bonds is 4. The third-order valence-corrected chi connectivity index (χ3v) is 4.93. The van der Waals surface area contributed by atoms with E-state index in [1.54, 1.807) is 9.80 Å². The molecule has 0 radical (unpaired) electrons. The average Bonchev–Trinajstić information content (AvgIpc) is 2.83. The van der Waals surface area contributed by atoms with Crippen molar-refractivity contribution in [2.75, 3.05) is 79.0 Å². The predicted molar refractivity (Wildman–Crippen MR) is 78.8 cm³/mol. The summed E-state index contributed by atoms with van der Waals surface area (Å²) in [6.45, 7) is 12.2. The van der Waals surface area contributed by atoms with Gasteiger partial charge in [-0.2, -0.15) is 0 Å². The summed E-state index contributed by atoms with van der Waals surface area (Å²) < 4.78 is 10.8. The Kier molecular flexibility index (Phi) is 5.06. The van der Waals surface area contributed by atoms with Gasteiger partial charge in [-0.25, -0.2) is 0 Å². The van der Waals surface area contributed by atoms with Crippen molar-refractivity contribution in [1.82, 2.24) is 9.80 Å². The second kappa shape index (κ2) is 7.00. The van der Waals surface area contributed by atoms with Crippen LogP contribution in [0.15, 0.2) is 0 Å². The molecule has 0 aliphatic carbocycles. The number of nitrogens with zero attached hydrogens (tertiary/aromatic N) is 2. The third-order valence-electron chi connectivity index (χ3n) is 4.41. The highest BCUT2D eigenvalue weighted by Crippen LogP contribution is 2.05. The molecule has 0 aromatic heterocycles. The summed E-state index contributed by atoms with van der Waals surface area (Å²) in [5.41, 5.74) is 0. The van der Waals surface area contributed by atoms with Crippen molar-refractivity contribution in [1.29, 1.82) is 0 Å². The van der Waals surface area contributed by atoms with E-state index in [0.29, 0.717) is 0 Å². The van der Waals surface area contributed by atoms with Crippen molar-refractivity contribution < 1.29 is 19.3 Å². The van der Waals surface area contributed by atoms with E-state index in [4.69, 9.17) is 21.7 Å². The zero-order valence-electron chi connectivity index (χ0n) is 12.1. The Hall–Kier alpha value is -0.470. The van der Waals surface area contributed by atoms with Crippen molar-refractivity contribution >= 4 is 17.3 Å². The zero-order chi connectivity index (χ0) is 13.8. The van der Waals surface area contributed by atoms with Crippen molar-refractivity contribution in [3.63, 3.8) is 0 Å². The number of morpholine rings is 2. The normalized spacial score (nSPS) is 26.5. The fourth-order valence-electron chi connectivity index (χ4n) is 3.10. The van der Waals surface area contributed by atoms with Crippen LogP contribution in [-0.2, 0) is 9.47 Å². The molecule has 3 fully saturated rings. The smallest absolute Gasteiger partial charge is 0.180 e. The molecule has 0 spiro atoms. The van der Waals surface area contributed by atoms with Crippen molar-refractivity contribution in [2.24, 2.45) is 0 Å². The van der Waals surface area contributed by atoms with Crippen LogP contribution in [0.1, 0.15) is 0 Å². The van der Waals surface area contributed by atoms with Crippen LogP contribution in [0.5, 0.6) is 0 Å². The quantitative estimate of drug-likeness (QED) is 0.530. The lowest BCUT2D eigenvalue weighted by atomic mass is 10.4. The van der Waals surface area contributed by atoms with Crippen molar-refractivity contribution in [3.05, 3.63) is 0 Å². The minimum Gasteiger partial charge on any atom is -0.370 e. The molecule has 3 aliphatic rings. The number of ether oxygens (including phenoxy) is 2. The van der Waals surface area contributed by atoms with Crippen molar-refractivity contribution in [3.8, 4) is 0 Å². The van der Waals surface area contributed by atoms with E-state index in [-0.39, 0.29) is 0 Å². The van der Waals surface area contributed by atoms with Gasteiger partial charge in [0.2, 0.25) is 0 Å². The first kappa shape index (κ1) is 14.5. The average molecular weight is 302 g/mol. The van der Waals surface area contributed by atoms with Gasteiger partial charge in [0.25, 0.3) is 0 Å². The zero-order valence-corrected chi connectivity index (χ0v) is 12.9. The molecule has 3 aliphatic heterocycles. The van der Waals surface area contributed by atoms with E-state index in [9.17, 15) is 0 Å². The van der Waals surface area contributed by atoms with Crippen LogP contribution in [-0.4, -0.2) is 93.9 Å². The summed E-state index contributed by atoms with van der Waals surface area (Å²) >= 11 is 5.66. The molecule has 7 heteroatoms. The summed E-state index contributed by atoms with van der Waals surface area (Å²) in [7, 11) is 0. The third kappa shape index (κ3) is 3.59. The second-order valence-electron chi connectivity index (χ2n) is 5.85. The Labute approximate surface area is 126 Å². The first-order valence-corrected chi connectivity index (χ1v) is 8.10. The molecule has 3 heterocycles. The van der Waals surface area contributed by atoms with Gasteiger partial charge in [-0.1, -0.05) is 0 Å². The van der Waals surface area contributed by atoms with Crippen LogP contribution >= 0.6 is 12.2 Å². The molecule has 20 heavy (non-hydrogen) atoms. The van der Waals surface area contributed by atoms with Crippen LogP contribution < -0.4 is 9.80 Å². The highest BCUT2D eigenvalue weighted by atomic mass is 32.1. The Morgan fingerprint density at radius 2 is 1.20 bits per heavy atom. The maximum Gasteiger partial charge on any atom is 0.180 e. The number of quaternary nitrogens is 2. The topological polar surface area (TPSA) is 33.8 Å². The maximum atomic E-state index is 5.66. The molecule has 114 valence electrons. The summed E-state index contributed by atoms with van der Waals surface area (Å²) in [5.74, 6) is 0. The fraction of sp³-hybridized carbons (Fsp3) is 0.923. The molecular weight excluding hydrogens is 276 g/mol. The Bertz CT molecular complexity index is 302. The van der Waals surface area contributed by atoms with Gasteiger partial charge in [0, 0.05) is 13.1 Å². The monoisotopic (exact) mass is 302 g/mol. The molecule has 0 atom stereocenters. The van der Waals surface area contributed by atoms with Crippen LogP contribution in [0.4, 0.5) is 0 Å². The molecule has 0 amide bonds. The van der Waals surface area contributed by atoms with Gasteiger partial charge in [-0.05, 0) is 12.2 Å². The molecule has 0 aromatic rings. The minimum atomic E-state index is 0.886. The lowest BCUT2D eigenvalue weighted by Gasteiger charge is -2.31. The highest BCUT2D eigenvalue weighted by Gasteiger charge is 2.31. The molecule has 0 bridgehead atoms. The van der Waals surface area contributed by atoms with E-state index in [1.165, 1.54) is 0 Å². The number of hydrogen-bond acceptors (Lipinski definition) is 3. The van der Waals surface area contributed by atoms with E-state index in [2.05, 4.69) is 9.80 Å². The molecule has 3 rings (SSSR count). The Morgan fingerprint density at radius 1 is 0.800 bits per heavy atom. The standard InChI is InChI=1S/C13H24N4O2S/c20-13-16(11-14-3-7-18-8-4-14)1-2-17(13)12-15-5-9-19-10-6-15/h1-12H2/p+2.